The molecule has 1 aromatic carbocycles. The molecule has 86 valence electrons. The minimum Gasteiger partial charge on any atom is -0.396 e. The van der Waals surface area contributed by atoms with Gasteiger partial charge in [-0.05, 0) is 22.1 Å². The lowest BCUT2D eigenvalue weighted by Crippen LogP contribution is -2.12. The second kappa shape index (κ2) is 5.01. The van der Waals surface area contributed by atoms with E-state index in [1.807, 2.05) is 24.3 Å². The number of rotatable bonds is 3. The van der Waals surface area contributed by atoms with Gasteiger partial charge in [-0.15, -0.1) is 0 Å². The Morgan fingerprint density at radius 2 is 2.12 bits per heavy atom. The van der Waals surface area contributed by atoms with E-state index in [2.05, 4.69) is 30.8 Å². The van der Waals surface area contributed by atoms with E-state index in [1.54, 1.807) is 0 Å². The summed E-state index contributed by atoms with van der Waals surface area (Å²) in [6, 6.07) is 7.31. The van der Waals surface area contributed by atoms with Crippen molar-refractivity contribution in [3.8, 4) is 0 Å². The summed E-state index contributed by atoms with van der Waals surface area (Å²) in [6.07, 6.45) is 0. The maximum absolute atomic E-state index is 9.14. The zero-order valence-electron chi connectivity index (χ0n) is 9.88. The third kappa shape index (κ3) is 2.99. The average molecular weight is 219 g/mol. The predicted molar refractivity (Wildman–Crippen MR) is 64.1 cm³/mol. The van der Waals surface area contributed by atoms with Crippen molar-refractivity contribution >= 4 is 0 Å². The van der Waals surface area contributed by atoms with Gasteiger partial charge in [-0.25, -0.2) is 0 Å². The zero-order valence-corrected chi connectivity index (χ0v) is 9.88. The van der Waals surface area contributed by atoms with Crippen molar-refractivity contribution in [3.05, 3.63) is 45.8 Å². The molecule has 0 saturated carbocycles. The topological polar surface area (TPSA) is 69.0 Å². The highest BCUT2D eigenvalue weighted by Crippen LogP contribution is 2.26. The molecule has 0 aromatic heterocycles. The molecular formula is C12H17N3O. The Morgan fingerprint density at radius 3 is 2.62 bits per heavy atom. The van der Waals surface area contributed by atoms with Crippen LogP contribution in [0.15, 0.2) is 29.4 Å². The molecule has 0 aliphatic carbocycles. The first-order valence-electron chi connectivity index (χ1n) is 5.24. The predicted octanol–water partition coefficient (Wildman–Crippen LogP) is 3.33. The molecule has 0 aliphatic rings. The summed E-state index contributed by atoms with van der Waals surface area (Å²) < 4.78 is 0. The molecule has 0 heterocycles. The second-order valence-corrected chi connectivity index (χ2v) is 4.78. The summed E-state index contributed by atoms with van der Waals surface area (Å²) in [5.74, 6) is 0. The molecule has 4 nitrogen and oxygen atoms in total. The van der Waals surface area contributed by atoms with Crippen LogP contribution in [0.25, 0.3) is 10.4 Å². The van der Waals surface area contributed by atoms with E-state index < -0.39 is 6.04 Å². The molecule has 1 atom stereocenters. The van der Waals surface area contributed by atoms with Crippen LogP contribution in [0.5, 0.6) is 0 Å². The van der Waals surface area contributed by atoms with Crippen LogP contribution in [0, 0.1) is 0 Å². The lowest BCUT2D eigenvalue weighted by atomic mass is 9.85. The van der Waals surface area contributed by atoms with E-state index in [4.69, 9.17) is 10.6 Å². The van der Waals surface area contributed by atoms with Gasteiger partial charge < -0.3 is 5.11 Å². The second-order valence-electron chi connectivity index (χ2n) is 4.78. The van der Waals surface area contributed by atoms with Crippen LogP contribution in [0.4, 0.5) is 0 Å². The highest BCUT2D eigenvalue weighted by molar-refractivity contribution is 5.30. The van der Waals surface area contributed by atoms with Gasteiger partial charge >= 0.3 is 0 Å². The first-order valence-corrected chi connectivity index (χ1v) is 5.24. The first-order chi connectivity index (χ1) is 7.49. The van der Waals surface area contributed by atoms with Crippen molar-refractivity contribution in [1.29, 1.82) is 0 Å². The lowest BCUT2D eigenvalue weighted by Gasteiger charge is -2.20. The number of hydrogen-bond acceptors (Lipinski definition) is 2. The smallest absolute Gasteiger partial charge is 0.0856 e. The Morgan fingerprint density at radius 1 is 1.44 bits per heavy atom. The fraction of sp³-hybridized carbons (Fsp3) is 0.500. The van der Waals surface area contributed by atoms with Gasteiger partial charge in [-0.1, -0.05) is 50.2 Å². The molecule has 1 N–H and O–H groups in total. The molecule has 0 aliphatic heterocycles. The molecule has 0 bridgehead atoms. The van der Waals surface area contributed by atoms with Crippen LogP contribution in [-0.4, -0.2) is 11.7 Å². The first kappa shape index (κ1) is 12.6. The van der Waals surface area contributed by atoms with Crippen LogP contribution in [0.3, 0.4) is 0 Å². The van der Waals surface area contributed by atoms with Crippen molar-refractivity contribution in [2.45, 2.75) is 32.2 Å². The summed E-state index contributed by atoms with van der Waals surface area (Å²) in [7, 11) is 0. The molecule has 0 amide bonds. The van der Waals surface area contributed by atoms with Crippen LogP contribution >= 0.6 is 0 Å². The maximum atomic E-state index is 9.14. The highest BCUT2D eigenvalue weighted by Gasteiger charge is 2.15. The third-order valence-electron chi connectivity index (χ3n) is 2.50. The number of azide groups is 1. The van der Waals surface area contributed by atoms with Gasteiger partial charge in [0, 0.05) is 4.91 Å². The van der Waals surface area contributed by atoms with Gasteiger partial charge in [0.15, 0.2) is 0 Å². The number of nitrogens with zero attached hydrogens (tertiary/aromatic N) is 3. The average Bonchev–Trinajstić information content (AvgIpc) is 2.25. The molecule has 0 radical (unpaired) electrons. The van der Waals surface area contributed by atoms with Crippen molar-refractivity contribution in [1.82, 2.24) is 0 Å². The number of hydrogen-bond donors (Lipinski definition) is 1. The molecule has 0 spiro atoms. The number of aliphatic hydroxyl groups is 1. The Hall–Kier alpha value is -1.51. The van der Waals surface area contributed by atoms with Gasteiger partial charge in [0.2, 0.25) is 0 Å². The van der Waals surface area contributed by atoms with Crippen LogP contribution in [0.1, 0.15) is 37.9 Å². The quantitative estimate of drug-likeness (QED) is 0.473. The highest BCUT2D eigenvalue weighted by atomic mass is 16.3. The molecule has 1 rings (SSSR count). The van der Waals surface area contributed by atoms with E-state index in [1.165, 1.54) is 0 Å². The molecule has 1 unspecified atom stereocenters. The maximum Gasteiger partial charge on any atom is 0.0856 e. The standard InChI is InChI=1S/C12H17N3O/c1-12(2,3)10-6-4-5-9(7-10)11(8-16)14-15-13/h4-7,11,16H,8H2,1-3H3. The Bertz CT molecular complexity index is 403. The fourth-order valence-electron chi connectivity index (χ4n) is 1.48. The fourth-order valence-corrected chi connectivity index (χ4v) is 1.48. The molecule has 4 heteroatoms. The van der Waals surface area contributed by atoms with E-state index in [0.717, 1.165) is 11.1 Å². The lowest BCUT2D eigenvalue weighted by molar-refractivity contribution is 0.268. The van der Waals surface area contributed by atoms with Gasteiger partial charge in [0.1, 0.15) is 0 Å². The van der Waals surface area contributed by atoms with Crippen molar-refractivity contribution in [2.75, 3.05) is 6.61 Å². The van der Waals surface area contributed by atoms with Crippen molar-refractivity contribution < 1.29 is 5.11 Å². The molecule has 1 aromatic rings. The van der Waals surface area contributed by atoms with Crippen LogP contribution in [-0.2, 0) is 5.41 Å². The Kier molecular flexibility index (Phi) is 3.93. The van der Waals surface area contributed by atoms with Crippen LogP contribution in [0.2, 0.25) is 0 Å². The zero-order chi connectivity index (χ0) is 12.2. The third-order valence-corrected chi connectivity index (χ3v) is 2.50. The summed E-state index contributed by atoms with van der Waals surface area (Å²) in [4.78, 5) is 2.74. The molecule has 0 fully saturated rings. The molecular weight excluding hydrogens is 202 g/mol. The van der Waals surface area contributed by atoms with Crippen molar-refractivity contribution in [2.24, 2.45) is 5.11 Å². The minimum atomic E-state index is -0.493. The van der Waals surface area contributed by atoms with Crippen LogP contribution < -0.4 is 0 Å². The number of aliphatic hydroxyl groups excluding tert-OH is 1. The summed E-state index contributed by atoms with van der Waals surface area (Å²) in [5, 5.41) is 12.7. The Balaban J connectivity index is 3.11. The van der Waals surface area contributed by atoms with Gasteiger partial charge in [-0.3, -0.25) is 0 Å². The summed E-state index contributed by atoms with van der Waals surface area (Å²) in [6.45, 7) is 6.19. The Labute approximate surface area is 95.5 Å². The normalized spacial score (nSPS) is 13.0. The van der Waals surface area contributed by atoms with E-state index in [9.17, 15) is 0 Å². The SMILES string of the molecule is CC(C)(C)c1cccc(C(CO)N=[N+]=[N-])c1. The van der Waals surface area contributed by atoms with E-state index in [0.29, 0.717) is 0 Å². The largest absolute Gasteiger partial charge is 0.396 e. The van der Waals surface area contributed by atoms with Gasteiger partial charge in [-0.2, -0.15) is 0 Å². The molecule has 0 saturated heterocycles. The molecule has 16 heavy (non-hydrogen) atoms. The van der Waals surface area contributed by atoms with Gasteiger partial charge in [0.25, 0.3) is 0 Å². The minimum absolute atomic E-state index is 0.0480. The summed E-state index contributed by atoms with van der Waals surface area (Å²) >= 11 is 0. The number of benzene rings is 1. The summed E-state index contributed by atoms with van der Waals surface area (Å²) in [5.41, 5.74) is 10.5. The van der Waals surface area contributed by atoms with E-state index >= 15 is 0 Å². The monoisotopic (exact) mass is 219 g/mol. The van der Waals surface area contributed by atoms with Gasteiger partial charge in [0.05, 0.1) is 12.6 Å². The van der Waals surface area contributed by atoms with Crippen molar-refractivity contribution in [3.63, 3.8) is 0 Å². The van der Waals surface area contributed by atoms with E-state index in [-0.39, 0.29) is 12.0 Å².